The second-order valence-corrected chi connectivity index (χ2v) is 8.27. The third kappa shape index (κ3) is 6.21. The van der Waals surface area contributed by atoms with Gasteiger partial charge in [0.15, 0.2) is 0 Å². The first-order valence-electron chi connectivity index (χ1n) is 9.26. The molecule has 0 aromatic heterocycles. The number of carbonyl (C=O) groups is 2. The Morgan fingerprint density at radius 1 is 0.793 bits per heavy atom. The van der Waals surface area contributed by atoms with Crippen LogP contribution < -0.4 is 10.6 Å². The molecule has 3 rings (SSSR count). The van der Waals surface area contributed by atoms with Crippen molar-refractivity contribution >= 4 is 45.2 Å². The quantitative estimate of drug-likeness (QED) is 0.333. The number of carbonyl (C=O) groups excluding carboxylic acids is 2. The molecular weight excluding hydrogens is 448 g/mol. The van der Waals surface area contributed by atoms with Crippen LogP contribution in [0.2, 0.25) is 0 Å². The lowest BCUT2D eigenvalue weighted by atomic mass is 10.1. The number of halogens is 1. The summed E-state index contributed by atoms with van der Waals surface area (Å²) in [6.07, 6.45) is 0.858. The molecule has 2 amide bonds. The highest BCUT2D eigenvalue weighted by molar-refractivity contribution is 9.10. The Kier molecular flexibility index (Phi) is 7.90. The van der Waals surface area contributed by atoms with Gasteiger partial charge in [-0.15, -0.1) is 11.8 Å². The summed E-state index contributed by atoms with van der Waals surface area (Å²) in [7, 11) is 0. The minimum Gasteiger partial charge on any atom is -0.352 e. The second-order valence-electron chi connectivity index (χ2n) is 6.25. The van der Waals surface area contributed by atoms with E-state index in [0.29, 0.717) is 27.8 Å². The number of para-hydroxylation sites is 1. The fourth-order valence-electron chi connectivity index (χ4n) is 2.70. The molecule has 0 atom stereocenters. The number of hydrogen-bond donors (Lipinski definition) is 2. The van der Waals surface area contributed by atoms with Gasteiger partial charge in [-0.05, 0) is 64.5 Å². The van der Waals surface area contributed by atoms with E-state index in [-0.39, 0.29) is 11.8 Å². The molecule has 0 aliphatic heterocycles. The van der Waals surface area contributed by atoms with Gasteiger partial charge in [-0.25, -0.2) is 0 Å². The Morgan fingerprint density at radius 2 is 1.45 bits per heavy atom. The first-order chi connectivity index (χ1) is 14.1. The van der Waals surface area contributed by atoms with Crippen LogP contribution in [0.15, 0.2) is 88.2 Å². The molecule has 0 aliphatic rings. The number of anilines is 1. The monoisotopic (exact) mass is 468 g/mol. The van der Waals surface area contributed by atoms with Gasteiger partial charge in [0.2, 0.25) is 0 Å². The van der Waals surface area contributed by atoms with Gasteiger partial charge in [-0.3, -0.25) is 9.59 Å². The zero-order chi connectivity index (χ0) is 20.5. The number of benzene rings is 3. The standard InChI is InChI=1S/C23H21BrN2O2S/c24-20-13-6-4-11-18(20)23(28)26-21-14-7-5-12-19(21)22(27)25-15-8-16-29-17-9-2-1-3-10-17/h1-7,9-14H,8,15-16H2,(H,25,27)(H,26,28). The Hall–Kier alpha value is -2.57. The molecule has 0 aliphatic carbocycles. The van der Waals surface area contributed by atoms with E-state index in [1.165, 1.54) is 4.90 Å². The summed E-state index contributed by atoms with van der Waals surface area (Å²) in [5, 5.41) is 5.77. The van der Waals surface area contributed by atoms with E-state index in [2.05, 4.69) is 38.7 Å². The predicted octanol–water partition coefficient (Wildman–Crippen LogP) is 5.61. The average Bonchev–Trinajstić information content (AvgIpc) is 2.74. The fourth-order valence-corrected chi connectivity index (χ4v) is 4.04. The maximum atomic E-state index is 12.6. The third-order valence-corrected chi connectivity index (χ3v) is 5.95. The van der Waals surface area contributed by atoms with Crippen molar-refractivity contribution in [2.45, 2.75) is 11.3 Å². The summed E-state index contributed by atoms with van der Waals surface area (Å²) in [5.41, 5.74) is 1.45. The molecule has 3 aromatic rings. The molecule has 0 saturated heterocycles. The molecule has 6 heteroatoms. The van der Waals surface area contributed by atoms with E-state index in [9.17, 15) is 9.59 Å². The summed E-state index contributed by atoms with van der Waals surface area (Å²) in [4.78, 5) is 26.4. The van der Waals surface area contributed by atoms with Crippen molar-refractivity contribution in [3.8, 4) is 0 Å². The SMILES string of the molecule is O=C(Nc1ccccc1C(=O)NCCCSc1ccccc1)c1ccccc1Br. The zero-order valence-electron chi connectivity index (χ0n) is 15.7. The topological polar surface area (TPSA) is 58.2 Å². The highest BCUT2D eigenvalue weighted by atomic mass is 79.9. The number of nitrogens with one attached hydrogen (secondary N) is 2. The molecule has 0 unspecified atom stereocenters. The first-order valence-corrected chi connectivity index (χ1v) is 11.0. The van der Waals surface area contributed by atoms with Crippen molar-refractivity contribution in [3.05, 3.63) is 94.5 Å². The number of thioether (sulfide) groups is 1. The summed E-state index contributed by atoms with van der Waals surface area (Å²) in [5.74, 6) is 0.458. The van der Waals surface area contributed by atoms with Crippen LogP contribution in [0.5, 0.6) is 0 Å². The van der Waals surface area contributed by atoms with Crippen LogP contribution in [0.4, 0.5) is 5.69 Å². The van der Waals surface area contributed by atoms with Crippen molar-refractivity contribution in [2.24, 2.45) is 0 Å². The Balaban J connectivity index is 1.54. The lowest BCUT2D eigenvalue weighted by Gasteiger charge is -2.12. The minimum atomic E-state index is -0.267. The summed E-state index contributed by atoms with van der Waals surface area (Å²) in [6.45, 7) is 0.575. The van der Waals surface area contributed by atoms with Crippen LogP contribution in [0, 0.1) is 0 Å². The average molecular weight is 469 g/mol. The van der Waals surface area contributed by atoms with Gasteiger partial charge in [0, 0.05) is 15.9 Å². The lowest BCUT2D eigenvalue weighted by Crippen LogP contribution is -2.26. The summed E-state index contributed by atoms with van der Waals surface area (Å²) < 4.78 is 0.704. The lowest BCUT2D eigenvalue weighted by molar-refractivity contribution is 0.0954. The predicted molar refractivity (Wildman–Crippen MR) is 123 cm³/mol. The highest BCUT2D eigenvalue weighted by Gasteiger charge is 2.15. The molecule has 29 heavy (non-hydrogen) atoms. The van der Waals surface area contributed by atoms with Gasteiger partial charge in [0.1, 0.15) is 0 Å². The van der Waals surface area contributed by atoms with E-state index in [1.807, 2.05) is 24.3 Å². The van der Waals surface area contributed by atoms with Gasteiger partial charge in [0.05, 0.1) is 16.8 Å². The molecule has 0 fully saturated rings. The smallest absolute Gasteiger partial charge is 0.256 e. The Morgan fingerprint density at radius 3 is 2.21 bits per heavy atom. The molecular formula is C23H21BrN2O2S. The van der Waals surface area contributed by atoms with Crippen LogP contribution in [0.3, 0.4) is 0 Å². The highest BCUT2D eigenvalue weighted by Crippen LogP contribution is 2.21. The molecule has 0 saturated carbocycles. The minimum absolute atomic E-state index is 0.197. The van der Waals surface area contributed by atoms with Crippen LogP contribution in [-0.2, 0) is 0 Å². The van der Waals surface area contributed by atoms with Gasteiger partial charge in [-0.2, -0.15) is 0 Å². The molecule has 3 aromatic carbocycles. The fraction of sp³-hybridized carbons (Fsp3) is 0.130. The van der Waals surface area contributed by atoms with E-state index in [1.54, 1.807) is 54.2 Å². The Bertz CT molecular complexity index is 979. The molecule has 4 nitrogen and oxygen atoms in total. The molecule has 148 valence electrons. The van der Waals surface area contributed by atoms with Crippen LogP contribution in [0.1, 0.15) is 27.1 Å². The van der Waals surface area contributed by atoms with E-state index >= 15 is 0 Å². The van der Waals surface area contributed by atoms with Crippen molar-refractivity contribution < 1.29 is 9.59 Å². The van der Waals surface area contributed by atoms with E-state index in [0.717, 1.165) is 12.2 Å². The number of amides is 2. The molecule has 0 heterocycles. The summed E-state index contributed by atoms with van der Waals surface area (Å²) in [6, 6.07) is 24.4. The van der Waals surface area contributed by atoms with Crippen molar-refractivity contribution in [2.75, 3.05) is 17.6 Å². The number of rotatable bonds is 8. The summed E-state index contributed by atoms with van der Waals surface area (Å²) >= 11 is 5.15. The van der Waals surface area contributed by atoms with Gasteiger partial charge in [0.25, 0.3) is 11.8 Å². The number of hydrogen-bond acceptors (Lipinski definition) is 3. The van der Waals surface area contributed by atoms with E-state index in [4.69, 9.17) is 0 Å². The normalized spacial score (nSPS) is 10.4. The van der Waals surface area contributed by atoms with Crippen LogP contribution >= 0.6 is 27.7 Å². The second kappa shape index (κ2) is 10.8. The van der Waals surface area contributed by atoms with Gasteiger partial charge in [-0.1, -0.05) is 42.5 Å². The van der Waals surface area contributed by atoms with Gasteiger partial charge < -0.3 is 10.6 Å². The van der Waals surface area contributed by atoms with Crippen molar-refractivity contribution in [1.82, 2.24) is 5.32 Å². The maximum absolute atomic E-state index is 12.6. The zero-order valence-corrected chi connectivity index (χ0v) is 18.1. The van der Waals surface area contributed by atoms with Crippen LogP contribution in [0.25, 0.3) is 0 Å². The van der Waals surface area contributed by atoms with Gasteiger partial charge >= 0.3 is 0 Å². The Labute approximate surface area is 183 Å². The molecule has 2 N–H and O–H groups in total. The first kappa shape index (κ1) is 21.1. The van der Waals surface area contributed by atoms with Crippen molar-refractivity contribution in [3.63, 3.8) is 0 Å². The molecule has 0 bridgehead atoms. The van der Waals surface area contributed by atoms with Crippen LogP contribution in [-0.4, -0.2) is 24.1 Å². The maximum Gasteiger partial charge on any atom is 0.256 e. The molecule has 0 spiro atoms. The largest absolute Gasteiger partial charge is 0.352 e. The van der Waals surface area contributed by atoms with E-state index < -0.39 is 0 Å². The third-order valence-electron chi connectivity index (χ3n) is 4.16. The van der Waals surface area contributed by atoms with Crippen molar-refractivity contribution in [1.29, 1.82) is 0 Å². The molecule has 0 radical (unpaired) electrons.